The van der Waals surface area contributed by atoms with Crippen LogP contribution in [0.2, 0.25) is 0 Å². The quantitative estimate of drug-likeness (QED) is 0.698. The van der Waals surface area contributed by atoms with Gasteiger partial charge in [-0.2, -0.15) is 0 Å². The average molecular weight is 345 g/mol. The molecule has 0 heterocycles. The van der Waals surface area contributed by atoms with Crippen molar-refractivity contribution in [2.24, 2.45) is 0 Å². The van der Waals surface area contributed by atoms with Crippen LogP contribution < -0.4 is 10.1 Å². The summed E-state index contributed by atoms with van der Waals surface area (Å²) in [6.45, 7) is 2.00. The Labute approximate surface area is 154 Å². The number of carbonyl (C=O) groups is 1. The molecule has 3 heteroatoms. The molecule has 0 aromatic heterocycles. The molecular weight excluding hydrogens is 322 g/mol. The number of carbonyl (C=O) groups excluding carboxylic acids is 1. The lowest BCUT2D eigenvalue weighted by Gasteiger charge is -2.15. The Hall–Kier alpha value is -3.07. The van der Waals surface area contributed by atoms with Crippen molar-refractivity contribution in [2.45, 2.75) is 19.4 Å². The van der Waals surface area contributed by atoms with Crippen molar-refractivity contribution in [3.63, 3.8) is 0 Å². The topological polar surface area (TPSA) is 38.3 Å². The van der Waals surface area contributed by atoms with Gasteiger partial charge in [0, 0.05) is 0 Å². The minimum absolute atomic E-state index is 0.00908. The number of rotatable bonds is 6. The first-order chi connectivity index (χ1) is 12.7. The molecule has 0 saturated heterocycles. The standard InChI is InChI=1S/C23H23NO2/c1-17(24-23(25)16-18-8-14-22(26-2)15-9-18)19-10-12-21(13-11-19)20-6-4-3-5-7-20/h3-15,17H,16H2,1-2H3,(H,24,25). The van der Waals surface area contributed by atoms with Crippen molar-refractivity contribution in [2.75, 3.05) is 7.11 Å². The maximum absolute atomic E-state index is 12.3. The van der Waals surface area contributed by atoms with Gasteiger partial charge in [0.05, 0.1) is 19.6 Å². The molecule has 0 fully saturated rings. The highest BCUT2D eigenvalue weighted by Gasteiger charge is 2.10. The molecule has 0 bridgehead atoms. The van der Waals surface area contributed by atoms with Gasteiger partial charge in [0.15, 0.2) is 0 Å². The van der Waals surface area contributed by atoms with E-state index in [0.29, 0.717) is 6.42 Å². The van der Waals surface area contributed by atoms with Crippen LogP contribution in [0.4, 0.5) is 0 Å². The van der Waals surface area contributed by atoms with Gasteiger partial charge in [-0.05, 0) is 41.3 Å². The molecule has 0 saturated carbocycles. The van der Waals surface area contributed by atoms with E-state index >= 15 is 0 Å². The predicted molar refractivity (Wildman–Crippen MR) is 105 cm³/mol. The lowest BCUT2D eigenvalue weighted by Crippen LogP contribution is -2.28. The third-order valence-corrected chi connectivity index (χ3v) is 4.42. The van der Waals surface area contributed by atoms with Crippen molar-refractivity contribution in [3.05, 3.63) is 90.0 Å². The van der Waals surface area contributed by atoms with Gasteiger partial charge in [0.25, 0.3) is 0 Å². The number of amides is 1. The number of hydrogen-bond acceptors (Lipinski definition) is 2. The normalized spacial score (nSPS) is 11.6. The lowest BCUT2D eigenvalue weighted by molar-refractivity contribution is -0.121. The second-order valence-electron chi connectivity index (χ2n) is 6.30. The maximum Gasteiger partial charge on any atom is 0.224 e. The van der Waals surface area contributed by atoms with Crippen LogP contribution in [0.3, 0.4) is 0 Å². The third-order valence-electron chi connectivity index (χ3n) is 4.42. The number of nitrogens with one attached hydrogen (secondary N) is 1. The van der Waals surface area contributed by atoms with E-state index in [1.807, 2.05) is 49.4 Å². The lowest BCUT2D eigenvalue weighted by atomic mass is 10.0. The molecule has 3 aromatic carbocycles. The van der Waals surface area contributed by atoms with Crippen LogP contribution >= 0.6 is 0 Å². The summed E-state index contributed by atoms with van der Waals surface area (Å²) >= 11 is 0. The summed E-state index contributed by atoms with van der Waals surface area (Å²) in [5.41, 5.74) is 4.42. The SMILES string of the molecule is COc1ccc(CC(=O)NC(C)c2ccc(-c3ccccc3)cc2)cc1. The summed E-state index contributed by atoms with van der Waals surface area (Å²) in [6.07, 6.45) is 0.358. The molecule has 26 heavy (non-hydrogen) atoms. The van der Waals surface area contributed by atoms with Gasteiger partial charge in [0.2, 0.25) is 5.91 Å². The smallest absolute Gasteiger partial charge is 0.224 e. The van der Waals surface area contributed by atoms with Gasteiger partial charge in [-0.15, -0.1) is 0 Å². The number of methoxy groups -OCH3 is 1. The summed E-state index contributed by atoms with van der Waals surface area (Å²) in [5.74, 6) is 0.802. The zero-order chi connectivity index (χ0) is 18.4. The molecule has 0 aliphatic heterocycles. The van der Waals surface area contributed by atoms with E-state index in [1.165, 1.54) is 11.1 Å². The Kier molecular flexibility index (Phi) is 5.69. The number of ether oxygens (including phenoxy) is 1. The van der Waals surface area contributed by atoms with Crippen LogP contribution in [0.25, 0.3) is 11.1 Å². The van der Waals surface area contributed by atoms with E-state index in [9.17, 15) is 4.79 Å². The van der Waals surface area contributed by atoms with Crippen LogP contribution in [0.15, 0.2) is 78.9 Å². The van der Waals surface area contributed by atoms with E-state index in [2.05, 4.69) is 41.7 Å². The molecule has 0 aliphatic carbocycles. The fourth-order valence-electron chi connectivity index (χ4n) is 2.90. The van der Waals surface area contributed by atoms with Crippen molar-refractivity contribution in [1.29, 1.82) is 0 Å². The van der Waals surface area contributed by atoms with Crippen LogP contribution in [-0.2, 0) is 11.2 Å². The highest BCUT2D eigenvalue weighted by atomic mass is 16.5. The molecule has 132 valence electrons. The molecular formula is C23H23NO2. The molecule has 1 unspecified atom stereocenters. The maximum atomic E-state index is 12.3. The highest BCUT2D eigenvalue weighted by molar-refractivity contribution is 5.79. The van der Waals surface area contributed by atoms with Crippen molar-refractivity contribution in [3.8, 4) is 16.9 Å². The predicted octanol–water partition coefficient (Wildman–Crippen LogP) is 4.78. The summed E-state index contributed by atoms with van der Waals surface area (Å²) < 4.78 is 5.14. The van der Waals surface area contributed by atoms with Crippen LogP contribution in [0.5, 0.6) is 5.75 Å². The molecule has 1 N–H and O–H groups in total. The first-order valence-electron chi connectivity index (χ1n) is 8.73. The zero-order valence-corrected chi connectivity index (χ0v) is 15.1. The largest absolute Gasteiger partial charge is 0.497 e. The van der Waals surface area contributed by atoms with Crippen molar-refractivity contribution >= 4 is 5.91 Å². The Morgan fingerprint density at radius 1 is 0.885 bits per heavy atom. The minimum Gasteiger partial charge on any atom is -0.497 e. The molecule has 3 rings (SSSR count). The Bertz CT molecular complexity index is 840. The van der Waals surface area contributed by atoms with Crippen molar-refractivity contribution in [1.82, 2.24) is 5.32 Å². The van der Waals surface area contributed by atoms with E-state index in [-0.39, 0.29) is 11.9 Å². The van der Waals surface area contributed by atoms with E-state index in [1.54, 1.807) is 7.11 Å². The van der Waals surface area contributed by atoms with E-state index in [4.69, 9.17) is 4.74 Å². The van der Waals surface area contributed by atoms with Crippen LogP contribution in [0.1, 0.15) is 24.1 Å². The zero-order valence-electron chi connectivity index (χ0n) is 15.1. The molecule has 3 aromatic rings. The monoisotopic (exact) mass is 345 g/mol. The third kappa shape index (κ3) is 4.51. The number of hydrogen-bond donors (Lipinski definition) is 1. The van der Waals surface area contributed by atoms with E-state index in [0.717, 1.165) is 16.9 Å². The van der Waals surface area contributed by atoms with Gasteiger partial charge in [-0.25, -0.2) is 0 Å². The summed E-state index contributed by atoms with van der Waals surface area (Å²) in [4.78, 5) is 12.3. The van der Waals surface area contributed by atoms with Gasteiger partial charge in [0.1, 0.15) is 5.75 Å². The molecule has 0 aliphatic rings. The second-order valence-corrected chi connectivity index (χ2v) is 6.30. The number of benzene rings is 3. The fraction of sp³-hybridized carbons (Fsp3) is 0.174. The average Bonchev–Trinajstić information content (AvgIpc) is 2.69. The van der Waals surface area contributed by atoms with Gasteiger partial charge >= 0.3 is 0 Å². The van der Waals surface area contributed by atoms with Gasteiger partial charge in [-0.3, -0.25) is 4.79 Å². The molecule has 1 atom stereocenters. The highest BCUT2D eigenvalue weighted by Crippen LogP contribution is 2.22. The van der Waals surface area contributed by atoms with Crippen LogP contribution in [0, 0.1) is 0 Å². The fourth-order valence-corrected chi connectivity index (χ4v) is 2.90. The molecule has 0 radical (unpaired) electrons. The molecule has 0 spiro atoms. The second kappa shape index (κ2) is 8.34. The summed E-state index contributed by atoms with van der Waals surface area (Å²) in [6, 6.07) is 26.1. The Morgan fingerprint density at radius 3 is 2.12 bits per heavy atom. The minimum atomic E-state index is -0.0365. The Morgan fingerprint density at radius 2 is 1.50 bits per heavy atom. The first kappa shape index (κ1) is 17.7. The first-order valence-corrected chi connectivity index (χ1v) is 8.73. The van der Waals surface area contributed by atoms with Gasteiger partial charge in [-0.1, -0.05) is 66.7 Å². The summed E-state index contributed by atoms with van der Waals surface area (Å²) in [7, 11) is 1.63. The van der Waals surface area contributed by atoms with Gasteiger partial charge < -0.3 is 10.1 Å². The van der Waals surface area contributed by atoms with Crippen LogP contribution in [-0.4, -0.2) is 13.0 Å². The summed E-state index contributed by atoms with van der Waals surface area (Å²) in [5, 5.41) is 3.06. The van der Waals surface area contributed by atoms with Crippen molar-refractivity contribution < 1.29 is 9.53 Å². The molecule has 3 nitrogen and oxygen atoms in total. The molecule has 1 amide bonds. The van der Waals surface area contributed by atoms with E-state index < -0.39 is 0 Å². The Balaban J connectivity index is 1.60.